The van der Waals surface area contributed by atoms with Gasteiger partial charge in [-0.15, -0.1) is 0 Å². The molecule has 0 aliphatic carbocycles. The Balaban J connectivity index is 1.75. The van der Waals surface area contributed by atoms with Gasteiger partial charge in [0.1, 0.15) is 0 Å². The lowest BCUT2D eigenvalue weighted by molar-refractivity contribution is 0.145. The summed E-state index contributed by atoms with van der Waals surface area (Å²) < 4.78 is 0. The Kier molecular flexibility index (Phi) is 10.2. The Morgan fingerprint density at radius 3 is 1.05 bits per heavy atom. The predicted molar refractivity (Wildman–Crippen MR) is 167 cm³/mol. The van der Waals surface area contributed by atoms with E-state index in [-0.39, 0.29) is 25.9 Å². The van der Waals surface area contributed by atoms with Crippen LogP contribution in [-0.4, -0.2) is 23.3 Å². The van der Waals surface area contributed by atoms with Crippen LogP contribution in [0.4, 0.5) is 0 Å². The van der Waals surface area contributed by atoms with Crippen LogP contribution in [0.5, 0.6) is 0 Å². The fourth-order valence-corrected chi connectivity index (χ4v) is 4.76. The lowest BCUT2D eigenvalue weighted by atomic mass is 9.80. The summed E-state index contributed by atoms with van der Waals surface area (Å²) in [5, 5.41) is 31.3. The van der Waals surface area contributed by atoms with E-state index in [0.717, 1.165) is 0 Å². The average molecular weight is 567 g/mol. The molecule has 0 spiro atoms. The van der Waals surface area contributed by atoms with Crippen molar-refractivity contribution in [3.63, 3.8) is 0 Å². The topological polar surface area (TPSA) is 138 Å². The first kappa shape index (κ1) is 30.5. The molecule has 0 atom stereocenters. The molecule has 0 fully saturated rings. The highest BCUT2D eigenvalue weighted by atomic mass is 16.3. The molecule has 4 aromatic carbocycles. The predicted octanol–water partition coefficient (Wildman–Crippen LogP) is 7.25. The van der Waals surface area contributed by atoms with Gasteiger partial charge in [-0.05, 0) is 11.1 Å². The second-order valence-electron chi connectivity index (χ2n) is 10.1. The first-order chi connectivity index (χ1) is 21.0. The van der Waals surface area contributed by atoms with E-state index in [4.69, 9.17) is 11.1 Å². The van der Waals surface area contributed by atoms with Crippen LogP contribution in [0.3, 0.4) is 0 Å². The van der Waals surface area contributed by atoms with Crippen molar-refractivity contribution in [2.45, 2.75) is 24.0 Å². The van der Waals surface area contributed by atoms with Crippen LogP contribution in [0.1, 0.15) is 35.1 Å². The normalized spacial score (nSPS) is 11.0. The number of hydrogen-bond donors (Lipinski definition) is 2. The fourth-order valence-electron chi connectivity index (χ4n) is 4.76. The zero-order valence-electron chi connectivity index (χ0n) is 23.5. The zero-order chi connectivity index (χ0) is 30.4. The Hall–Kier alpha value is -5.46. The molecule has 0 amide bonds. The third-order valence-electron chi connectivity index (χ3n) is 7.17. The molecule has 8 heteroatoms. The maximum Gasteiger partial charge on any atom is 0.176 e. The molecule has 0 heterocycles. The van der Waals surface area contributed by atoms with Gasteiger partial charge in [-0.1, -0.05) is 155 Å². The van der Waals surface area contributed by atoms with Gasteiger partial charge in [0.05, 0.1) is 0 Å². The van der Waals surface area contributed by atoms with Gasteiger partial charge >= 0.3 is 0 Å². The first-order valence-electron chi connectivity index (χ1n) is 13.6. The molecule has 0 saturated carbocycles. The summed E-state index contributed by atoms with van der Waals surface area (Å²) in [6, 6.07) is 36.5. The van der Waals surface area contributed by atoms with Crippen molar-refractivity contribution in [2.75, 3.05) is 13.1 Å². The average Bonchev–Trinajstić information content (AvgIpc) is 3.07. The summed E-state index contributed by atoms with van der Waals surface area (Å²) >= 11 is 0. The molecule has 0 saturated heterocycles. The van der Waals surface area contributed by atoms with E-state index < -0.39 is 16.6 Å². The minimum absolute atomic E-state index is 0.0594. The summed E-state index contributed by atoms with van der Waals surface area (Å²) in [4.78, 5) is 5.86. The van der Waals surface area contributed by atoms with Crippen molar-refractivity contribution in [3.8, 4) is 23.7 Å². The number of rotatable bonds is 10. The molecule has 0 unspecified atom stereocenters. The summed E-state index contributed by atoms with van der Waals surface area (Å²) in [7, 11) is 0. The SMILES string of the molecule is [N-]=[N+]=NCC(CC#CC(O)(c1ccccc1)c1ccccc1)(CC#CC(O)(c1ccccc1)c1ccccc1)CN=[N+]=[N-]. The van der Waals surface area contributed by atoms with Crippen molar-refractivity contribution < 1.29 is 10.2 Å². The number of azide groups is 2. The maximum absolute atomic E-state index is 11.8. The Labute approximate surface area is 250 Å². The molecule has 212 valence electrons. The molecule has 8 nitrogen and oxygen atoms in total. The van der Waals surface area contributed by atoms with Crippen molar-refractivity contribution in [3.05, 3.63) is 164 Å². The van der Waals surface area contributed by atoms with Gasteiger partial charge in [0.25, 0.3) is 0 Å². The molecular formula is C35H30N6O2. The third-order valence-corrected chi connectivity index (χ3v) is 7.17. The van der Waals surface area contributed by atoms with Crippen LogP contribution in [0.25, 0.3) is 20.9 Å². The second kappa shape index (κ2) is 14.4. The Morgan fingerprint density at radius 2 is 0.791 bits per heavy atom. The standard InChI is InChI=1S/C35H30N6O2/c36-40-38-27-33(28-39-41-37,23-13-25-34(42,29-15-5-1-6-16-29)30-17-7-2-8-18-30)24-14-26-35(43,31-19-9-3-10-20-31)32-21-11-4-12-22-32/h1-12,15-22,42-43H,23-24,27-28H2. The molecule has 43 heavy (non-hydrogen) atoms. The van der Waals surface area contributed by atoms with Crippen LogP contribution in [-0.2, 0) is 11.2 Å². The fraction of sp³-hybridized carbons (Fsp3) is 0.200. The molecule has 0 radical (unpaired) electrons. The van der Waals surface area contributed by atoms with Gasteiger partial charge in [0, 0.05) is 63.4 Å². The van der Waals surface area contributed by atoms with Gasteiger partial charge in [-0.3, -0.25) is 0 Å². The van der Waals surface area contributed by atoms with Crippen molar-refractivity contribution in [1.29, 1.82) is 0 Å². The number of hydrogen-bond acceptors (Lipinski definition) is 4. The minimum Gasteiger partial charge on any atom is -0.369 e. The van der Waals surface area contributed by atoms with E-state index in [2.05, 4.69) is 43.7 Å². The van der Waals surface area contributed by atoms with E-state index in [1.165, 1.54) is 0 Å². The van der Waals surface area contributed by atoms with Gasteiger partial charge in [0.2, 0.25) is 0 Å². The largest absolute Gasteiger partial charge is 0.369 e. The van der Waals surface area contributed by atoms with E-state index >= 15 is 0 Å². The lowest BCUT2D eigenvalue weighted by Crippen LogP contribution is -2.29. The minimum atomic E-state index is -1.61. The summed E-state index contributed by atoms with van der Waals surface area (Å²) in [5.74, 6) is 12.3. The molecule has 4 aromatic rings. The molecule has 0 aromatic heterocycles. The first-order valence-corrected chi connectivity index (χ1v) is 13.6. The maximum atomic E-state index is 11.8. The quantitative estimate of drug-likeness (QED) is 0.0904. The molecule has 0 aliphatic rings. The van der Waals surface area contributed by atoms with Crippen LogP contribution in [0.2, 0.25) is 0 Å². The monoisotopic (exact) mass is 566 g/mol. The van der Waals surface area contributed by atoms with Crippen molar-refractivity contribution >= 4 is 0 Å². The zero-order valence-corrected chi connectivity index (χ0v) is 23.5. The number of nitrogens with zero attached hydrogens (tertiary/aromatic N) is 6. The van der Waals surface area contributed by atoms with Crippen molar-refractivity contribution in [1.82, 2.24) is 0 Å². The Morgan fingerprint density at radius 1 is 0.512 bits per heavy atom. The second-order valence-corrected chi connectivity index (χ2v) is 10.1. The van der Waals surface area contributed by atoms with E-state index in [9.17, 15) is 10.2 Å². The molecule has 4 rings (SSSR count). The lowest BCUT2D eigenvalue weighted by Gasteiger charge is -2.28. The molecule has 0 bridgehead atoms. The highest BCUT2D eigenvalue weighted by molar-refractivity contribution is 5.46. The van der Waals surface area contributed by atoms with Gasteiger partial charge < -0.3 is 10.2 Å². The molecule has 2 N–H and O–H groups in total. The summed E-state index contributed by atoms with van der Waals surface area (Å²) in [6.07, 6.45) is 0.188. The van der Waals surface area contributed by atoms with Gasteiger partial charge in [-0.25, -0.2) is 0 Å². The van der Waals surface area contributed by atoms with Crippen LogP contribution >= 0.6 is 0 Å². The third kappa shape index (κ3) is 7.44. The van der Waals surface area contributed by atoms with E-state index in [0.29, 0.717) is 22.3 Å². The highest BCUT2D eigenvalue weighted by Gasteiger charge is 2.32. The number of aliphatic hydroxyl groups is 2. The van der Waals surface area contributed by atoms with Gasteiger partial charge in [0.15, 0.2) is 11.2 Å². The number of benzene rings is 4. The smallest absolute Gasteiger partial charge is 0.176 e. The van der Waals surface area contributed by atoms with Crippen LogP contribution in [0.15, 0.2) is 132 Å². The summed E-state index contributed by atoms with van der Waals surface area (Å²) in [6.45, 7) is -0.119. The van der Waals surface area contributed by atoms with E-state index in [1.807, 2.05) is 72.8 Å². The summed E-state index contributed by atoms with van der Waals surface area (Å²) in [5.41, 5.74) is 16.5. The van der Waals surface area contributed by atoms with Crippen LogP contribution < -0.4 is 0 Å². The molecule has 0 aliphatic heterocycles. The highest BCUT2D eigenvalue weighted by Crippen LogP contribution is 2.33. The molecular weight excluding hydrogens is 536 g/mol. The van der Waals surface area contributed by atoms with E-state index in [1.54, 1.807) is 48.5 Å². The Bertz CT molecular complexity index is 1500. The van der Waals surface area contributed by atoms with Crippen LogP contribution in [0, 0.1) is 29.1 Å². The van der Waals surface area contributed by atoms with Gasteiger partial charge in [-0.2, -0.15) is 0 Å². The van der Waals surface area contributed by atoms with Crippen molar-refractivity contribution in [2.24, 2.45) is 15.6 Å².